The van der Waals surface area contributed by atoms with E-state index in [4.69, 9.17) is 21.7 Å². The Bertz CT molecular complexity index is 1320. The molecule has 1 aliphatic rings. The molecule has 1 aromatic heterocycles. The second kappa shape index (κ2) is 13.1. The van der Waals surface area contributed by atoms with Gasteiger partial charge in [0.15, 0.2) is 16.7 Å². The molecule has 1 fully saturated rings. The summed E-state index contributed by atoms with van der Waals surface area (Å²) in [6.45, 7) is 1.17. The van der Waals surface area contributed by atoms with E-state index in [1.54, 1.807) is 4.90 Å². The highest BCUT2D eigenvalue weighted by Gasteiger charge is 2.25. The lowest BCUT2D eigenvalue weighted by Gasteiger charge is -2.34. The molecule has 0 bridgehead atoms. The number of thiocarbonyl (C=S) groups is 1. The molecule has 39 heavy (non-hydrogen) atoms. The number of carbonyl (C=O) groups is 2. The molecule has 2 heterocycles. The average molecular weight is 553 g/mol. The monoisotopic (exact) mass is 552 g/mol. The van der Waals surface area contributed by atoms with Gasteiger partial charge in [-0.15, -0.1) is 0 Å². The first-order valence-corrected chi connectivity index (χ1v) is 12.7. The molecule has 1 saturated heterocycles. The Morgan fingerprint density at radius 3 is 2.49 bits per heavy atom. The first-order valence-electron chi connectivity index (χ1n) is 12.3. The van der Waals surface area contributed by atoms with Crippen LogP contribution in [0.5, 0.6) is 17.5 Å². The van der Waals surface area contributed by atoms with Crippen molar-refractivity contribution in [2.45, 2.75) is 25.3 Å². The van der Waals surface area contributed by atoms with Gasteiger partial charge in [0.2, 0.25) is 17.7 Å². The van der Waals surface area contributed by atoms with E-state index in [-0.39, 0.29) is 34.9 Å². The number of hydrogen-bond acceptors (Lipinski definition) is 8. The fourth-order valence-corrected chi connectivity index (χ4v) is 4.27. The van der Waals surface area contributed by atoms with Crippen LogP contribution in [-0.2, 0) is 11.2 Å². The largest absolute Gasteiger partial charge is 0.436 e. The highest BCUT2D eigenvalue weighted by molar-refractivity contribution is 7.80. The Morgan fingerprint density at radius 2 is 1.79 bits per heavy atom. The summed E-state index contributed by atoms with van der Waals surface area (Å²) in [7, 11) is 4.05. The summed E-state index contributed by atoms with van der Waals surface area (Å²) in [5.74, 6) is -1.10. The van der Waals surface area contributed by atoms with Crippen LogP contribution in [-0.4, -0.2) is 70.1 Å². The molecule has 10 nitrogen and oxygen atoms in total. The maximum absolute atomic E-state index is 14.7. The zero-order chi connectivity index (χ0) is 27.8. The van der Waals surface area contributed by atoms with Gasteiger partial charge in [0.25, 0.3) is 0 Å². The molecule has 2 amide bonds. The number of carbonyl (C=O) groups excluding carboxylic acids is 2. The summed E-state index contributed by atoms with van der Waals surface area (Å²) >= 11 is 5.16. The third-order valence-electron chi connectivity index (χ3n) is 6.13. The van der Waals surface area contributed by atoms with Crippen LogP contribution in [0.3, 0.4) is 0 Å². The lowest BCUT2D eigenvalue weighted by molar-refractivity contribution is -0.119. The summed E-state index contributed by atoms with van der Waals surface area (Å²) in [6, 6.07) is 15.1. The van der Waals surface area contributed by atoms with Gasteiger partial charge in [0.1, 0.15) is 6.33 Å². The van der Waals surface area contributed by atoms with Crippen LogP contribution < -0.4 is 20.1 Å². The summed E-state index contributed by atoms with van der Waals surface area (Å²) in [4.78, 5) is 36.4. The van der Waals surface area contributed by atoms with Crippen LogP contribution in [0.15, 0.2) is 60.9 Å². The molecular weight excluding hydrogens is 523 g/mol. The first-order chi connectivity index (χ1) is 18.8. The minimum absolute atomic E-state index is 0.00224. The molecule has 3 aromatic rings. The number of aromatic nitrogens is 2. The molecule has 4 rings (SSSR count). The quantitative estimate of drug-likeness (QED) is 0.421. The second-order valence-electron chi connectivity index (χ2n) is 9.16. The summed E-state index contributed by atoms with van der Waals surface area (Å²) in [5, 5.41) is 5.38. The number of hydrogen-bond donors (Lipinski definition) is 2. The molecule has 0 spiro atoms. The number of anilines is 1. The van der Waals surface area contributed by atoms with Crippen molar-refractivity contribution in [3.8, 4) is 17.5 Å². The van der Waals surface area contributed by atoms with Crippen LogP contribution in [0.25, 0.3) is 0 Å². The molecule has 0 radical (unpaired) electrons. The highest BCUT2D eigenvalue weighted by Crippen LogP contribution is 2.27. The number of nitrogens with zero attached hydrogens (tertiary/aromatic N) is 4. The van der Waals surface area contributed by atoms with Gasteiger partial charge >= 0.3 is 6.09 Å². The minimum Gasteiger partial charge on any atom is -0.436 e. The maximum atomic E-state index is 14.7. The molecule has 2 aromatic carbocycles. The minimum atomic E-state index is -0.695. The first kappa shape index (κ1) is 27.9. The number of nitrogens with one attached hydrogen (secondary N) is 2. The van der Waals surface area contributed by atoms with Gasteiger partial charge in [-0.05, 0) is 56.9 Å². The van der Waals surface area contributed by atoms with E-state index in [1.807, 2.05) is 44.4 Å². The van der Waals surface area contributed by atoms with E-state index in [1.165, 1.54) is 30.6 Å². The number of amides is 2. The number of likely N-dealkylation sites (tertiary alicyclic amines) is 1. The van der Waals surface area contributed by atoms with E-state index in [0.29, 0.717) is 24.8 Å². The Balaban J connectivity index is 1.29. The second-order valence-corrected chi connectivity index (χ2v) is 9.56. The molecule has 12 heteroatoms. The third kappa shape index (κ3) is 8.16. The van der Waals surface area contributed by atoms with Gasteiger partial charge in [-0.3, -0.25) is 4.79 Å². The molecule has 204 valence electrons. The summed E-state index contributed by atoms with van der Waals surface area (Å²) in [5.41, 5.74) is 1.16. The van der Waals surface area contributed by atoms with Crippen molar-refractivity contribution in [3.63, 3.8) is 0 Å². The predicted molar refractivity (Wildman–Crippen MR) is 147 cm³/mol. The number of piperidine rings is 1. The molecule has 0 unspecified atom stereocenters. The molecular formula is C27H29FN6O4S. The van der Waals surface area contributed by atoms with Gasteiger partial charge in [-0.25, -0.2) is 19.2 Å². The van der Waals surface area contributed by atoms with Gasteiger partial charge in [0.05, 0.1) is 12.5 Å². The zero-order valence-corrected chi connectivity index (χ0v) is 22.4. The van der Waals surface area contributed by atoms with E-state index >= 15 is 0 Å². The zero-order valence-electron chi connectivity index (χ0n) is 21.6. The van der Waals surface area contributed by atoms with E-state index in [9.17, 15) is 14.0 Å². The van der Waals surface area contributed by atoms with Crippen molar-refractivity contribution < 1.29 is 23.5 Å². The highest BCUT2D eigenvalue weighted by atomic mass is 32.1. The number of ether oxygens (including phenoxy) is 2. The third-order valence-corrected chi connectivity index (χ3v) is 6.33. The Kier molecular flexibility index (Phi) is 9.34. The van der Waals surface area contributed by atoms with Crippen molar-refractivity contribution >= 4 is 35.0 Å². The lowest BCUT2D eigenvalue weighted by atomic mass is 10.0. The Hall–Kier alpha value is -4.16. The predicted octanol–water partition coefficient (Wildman–Crippen LogP) is 3.99. The lowest BCUT2D eigenvalue weighted by Crippen LogP contribution is -2.45. The fraction of sp³-hybridized carbons (Fsp3) is 0.296. The van der Waals surface area contributed by atoms with Crippen molar-refractivity contribution in [2.75, 3.05) is 32.5 Å². The number of benzene rings is 2. The molecule has 1 aliphatic heterocycles. The molecule has 0 atom stereocenters. The molecule has 0 saturated carbocycles. The van der Waals surface area contributed by atoms with Crippen molar-refractivity contribution in [1.29, 1.82) is 0 Å². The van der Waals surface area contributed by atoms with Crippen LogP contribution in [0.1, 0.15) is 18.4 Å². The summed E-state index contributed by atoms with van der Waals surface area (Å²) < 4.78 is 25.7. The van der Waals surface area contributed by atoms with Gasteiger partial charge < -0.3 is 29.9 Å². The maximum Gasteiger partial charge on any atom is 0.416 e. The van der Waals surface area contributed by atoms with Gasteiger partial charge in [-0.2, -0.15) is 0 Å². The van der Waals surface area contributed by atoms with Crippen LogP contribution in [0.2, 0.25) is 0 Å². The van der Waals surface area contributed by atoms with Gasteiger partial charge in [-0.1, -0.05) is 30.3 Å². The topological polar surface area (TPSA) is 109 Å². The number of halogens is 1. The van der Waals surface area contributed by atoms with Crippen LogP contribution in [0.4, 0.5) is 14.9 Å². The molecule has 0 aliphatic carbocycles. The van der Waals surface area contributed by atoms with E-state index < -0.39 is 11.9 Å². The summed E-state index contributed by atoms with van der Waals surface area (Å²) in [6.07, 6.45) is 2.53. The standard InChI is InChI=1S/C27H29FN6O4S/c1-33(2)20-10-12-34(13-11-20)27(36)38-25-16-24(29-17-30-25)37-22-9-8-19(15-21(22)28)31-26(39)32-23(35)14-18-6-4-3-5-7-18/h3-9,15-17,20H,10-14H2,1-2H3,(H2,31,32,35,39). The number of rotatable bonds is 7. The van der Waals surface area contributed by atoms with Crippen molar-refractivity contribution in [3.05, 3.63) is 72.3 Å². The Morgan fingerprint density at radius 1 is 1.08 bits per heavy atom. The van der Waals surface area contributed by atoms with Crippen molar-refractivity contribution in [1.82, 2.24) is 25.1 Å². The Labute approximate surface area is 231 Å². The SMILES string of the molecule is CN(C)C1CCN(C(=O)Oc2cc(Oc3ccc(NC(=S)NC(=O)Cc4ccccc4)cc3F)ncn2)CC1. The normalized spacial score (nSPS) is 13.6. The average Bonchev–Trinajstić information content (AvgIpc) is 2.91. The fourth-order valence-electron chi connectivity index (χ4n) is 4.04. The van der Waals surface area contributed by atoms with E-state index in [0.717, 1.165) is 18.4 Å². The molecule has 2 N–H and O–H groups in total. The van der Waals surface area contributed by atoms with Crippen LogP contribution in [0, 0.1) is 5.82 Å². The van der Waals surface area contributed by atoms with Crippen LogP contribution >= 0.6 is 12.2 Å². The van der Waals surface area contributed by atoms with Gasteiger partial charge in [0, 0.05) is 30.9 Å². The van der Waals surface area contributed by atoms with Crippen molar-refractivity contribution in [2.24, 2.45) is 0 Å². The van der Waals surface area contributed by atoms with E-state index in [2.05, 4.69) is 25.5 Å². The smallest absolute Gasteiger partial charge is 0.416 e.